The minimum absolute atomic E-state index is 0.00261. The first-order chi connectivity index (χ1) is 10.0. The molecule has 116 valence electrons. The number of carboxylic acids is 1. The lowest BCUT2D eigenvalue weighted by Gasteiger charge is -2.43. The van der Waals surface area contributed by atoms with Crippen LogP contribution in [0.15, 0.2) is 23.0 Å². The molecule has 0 spiro atoms. The van der Waals surface area contributed by atoms with Crippen LogP contribution in [0.5, 0.6) is 0 Å². The van der Waals surface area contributed by atoms with Crippen molar-refractivity contribution >= 4 is 12.0 Å². The summed E-state index contributed by atoms with van der Waals surface area (Å²) < 4.78 is 4.95. The Balaban J connectivity index is 2.00. The predicted molar refractivity (Wildman–Crippen MR) is 76.8 cm³/mol. The lowest BCUT2D eigenvalue weighted by Crippen LogP contribution is -2.54. The average molecular weight is 294 g/mol. The van der Waals surface area contributed by atoms with Crippen LogP contribution >= 0.6 is 0 Å². The zero-order valence-electron chi connectivity index (χ0n) is 12.3. The number of aliphatic carboxylic acids is 1. The number of nitrogens with zero attached hydrogens (tertiary/aromatic N) is 1. The van der Waals surface area contributed by atoms with Gasteiger partial charge in [0, 0.05) is 19.2 Å². The Morgan fingerprint density at radius 3 is 2.67 bits per heavy atom. The molecule has 0 aliphatic heterocycles. The highest BCUT2D eigenvalue weighted by Gasteiger charge is 2.40. The van der Waals surface area contributed by atoms with E-state index in [4.69, 9.17) is 4.42 Å². The Kier molecular flexibility index (Phi) is 4.88. The minimum atomic E-state index is -0.855. The van der Waals surface area contributed by atoms with Crippen molar-refractivity contribution in [2.75, 3.05) is 7.05 Å². The molecule has 1 aromatic rings. The predicted octanol–water partition coefficient (Wildman–Crippen LogP) is 2.60. The zero-order chi connectivity index (χ0) is 15.3. The van der Waals surface area contributed by atoms with Gasteiger partial charge in [-0.3, -0.25) is 4.79 Å². The molecule has 21 heavy (non-hydrogen) atoms. The fourth-order valence-electron chi connectivity index (χ4n) is 3.03. The Hall–Kier alpha value is -1.98. The summed E-state index contributed by atoms with van der Waals surface area (Å²) in [5.41, 5.74) is 0.317. The van der Waals surface area contributed by atoms with E-state index in [1.165, 1.54) is 0 Å². The second kappa shape index (κ2) is 6.65. The zero-order valence-corrected chi connectivity index (χ0v) is 12.3. The van der Waals surface area contributed by atoms with E-state index in [2.05, 4.69) is 5.32 Å². The number of rotatable bonds is 5. The summed E-state index contributed by atoms with van der Waals surface area (Å²) in [6, 6.07) is 1.55. The summed E-state index contributed by atoms with van der Waals surface area (Å²) in [7, 11) is 1.69. The van der Waals surface area contributed by atoms with Gasteiger partial charge in [-0.05, 0) is 18.9 Å². The van der Waals surface area contributed by atoms with Crippen LogP contribution in [0.25, 0.3) is 0 Å². The van der Waals surface area contributed by atoms with Crippen molar-refractivity contribution in [3.05, 3.63) is 24.2 Å². The highest BCUT2D eigenvalue weighted by Crippen LogP contribution is 2.35. The van der Waals surface area contributed by atoms with Crippen molar-refractivity contribution in [2.45, 2.75) is 50.6 Å². The van der Waals surface area contributed by atoms with Crippen LogP contribution in [0.4, 0.5) is 4.79 Å². The van der Waals surface area contributed by atoms with Gasteiger partial charge in [0.2, 0.25) is 0 Å². The third kappa shape index (κ3) is 3.77. The summed E-state index contributed by atoms with van der Waals surface area (Å²) in [5, 5.41) is 12.0. The molecular weight excluding hydrogens is 272 g/mol. The second-order valence-electron chi connectivity index (χ2n) is 5.70. The van der Waals surface area contributed by atoms with Crippen molar-refractivity contribution in [3.8, 4) is 0 Å². The maximum Gasteiger partial charge on any atom is 0.317 e. The van der Waals surface area contributed by atoms with Gasteiger partial charge >= 0.3 is 12.0 Å². The molecule has 2 amide bonds. The summed E-state index contributed by atoms with van der Waals surface area (Å²) in [5.74, 6) is -0.855. The Morgan fingerprint density at radius 2 is 2.10 bits per heavy atom. The molecule has 6 nitrogen and oxygen atoms in total. The molecule has 0 aromatic carbocycles. The molecule has 1 saturated carbocycles. The Bertz CT molecular complexity index is 478. The van der Waals surface area contributed by atoms with Crippen molar-refractivity contribution in [1.82, 2.24) is 10.2 Å². The third-order valence-corrected chi connectivity index (χ3v) is 4.30. The van der Waals surface area contributed by atoms with Crippen molar-refractivity contribution in [3.63, 3.8) is 0 Å². The number of nitrogens with one attached hydrogen (secondary N) is 1. The molecule has 2 N–H and O–H groups in total. The van der Waals surface area contributed by atoms with E-state index in [0.29, 0.717) is 6.54 Å². The van der Waals surface area contributed by atoms with E-state index in [1.807, 2.05) is 0 Å². The maximum atomic E-state index is 12.3. The topological polar surface area (TPSA) is 82.8 Å². The number of hydrogen-bond acceptors (Lipinski definition) is 3. The molecule has 0 radical (unpaired) electrons. The quantitative estimate of drug-likeness (QED) is 0.874. The molecule has 0 unspecified atom stereocenters. The van der Waals surface area contributed by atoms with Gasteiger partial charge in [-0.25, -0.2) is 4.79 Å². The number of furan rings is 1. The van der Waals surface area contributed by atoms with Gasteiger partial charge in [0.15, 0.2) is 0 Å². The molecule has 1 heterocycles. The molecule has 6 heteroatoms. The summed E-state index contributed by atoms with van der Waals surface area (Å²) in [6.07, 6.45) is 7.66. The average Bonchev–Trinajstić information content (AvgIpc) is 2.97. The van der Waals surface area contributed by atoms with Gasteiger partial charge in [-0.1, -0.05) is 19.3 Å². The lowest BCUT2D eigenvalue weighted by atomic mass is 9.78. The van der Waals surface area contributed by atoms with Crippen LogP contribution in [0.2, 0.25) is 0 Å². The van der Waals surface area contributed by atoms with Gasteiger partial charge in [-0.15, -0.1) is 0 Å². The Labute approximate surface area is 124 Å². The van der Waals surface area contributed by atoms with E-state index < -0.39 is 11.5 Å². The molecule has 0 bridgehead atoms. The van der Waals surface area contributed by atoms with Gasteiger partial charge < -0.3 is 19.7 Å². The van der Waals surface area contributed by atoms with Gasteiger partial charge in [-0.2, -0.15) is 0 Å². The van der Waals surface area contributed by atoms with E-state index >= 15 is 0 Å². The summed E-state index contributed by atoms with van der Waals surface area (Å²) in [4.78, 5) is 25.1. The van der Waals surface area contributed by atoms with E-state index in [1.54, 1.807) is 30.5 Å². The first kappa shape index (κ1) is 15.4. The molecule has 0 atom stereocenters. The molecule has 1 aliphatic carbocycles. The van der Waals surface area contributed by atoms with E-state index in [-0.39, 0.29) is 12.5 Å². The molecule has 1 aliphatic rings. The number of carbonyl (C=O) groups excluding carboxylic acids is 1. The van der Waals surface area contributed by atoms with Gasteiger partial charge in [0.25, 0.3) is 0 Å². The number of carbonyl (C=O) groups is 2. The first-order valence-electron chi connectivity index (χ1n) is 7.28. The van der Waals surface area contributed by atoms with Crippen LogP contribution in [-0.2, 0) is 11.3 Å². The minimum Gasteiger partial charge on any atom is -0.481 e. The van der Waals surface area contributed by atoms with Crippen LogP contribution in [-0.4, -0.2) is 34.6 Å². The second-order valence-corrected chi connectivity index (χ2v) is 5.70. The smallest absolute Gasteiger partial charge is 0.317 e. The largest absolute Gasteiger partial charge is 0.481 e. The number of urea groups is 1. The standard InChI is InChI=1S/C15H22N2O4/c1-17(14(20)16-10-12-5-8-21-11-12)15(9-13(18)19)6-3-2-4-7-15/h5,8,11H,2-4,6-7,9-10H2,1H3,(H,16,20)(H,18,19). The fourth-order valence-corrected chi connectivity index (χ4v) is 3.03. The normalized spacial score (nSPS) is 17.2. The van der Waals surface area contributed by atoms with E-state index in [9.17, 15) is 14.7 Å². The first-order valence-corrected chi connectivity index (χ1v) is 7.28. The highest BCUT2D eigenvalue weighted by molar-refractivity contribution is 5.76. The number of amides is 2. The maximum absolute atomic E-state index is 12.3. The number of hydrogen-bond donors (Lipinski definition) is 2. The van der Waals surface area contributed by atoms with Crippen LogP contribution < -0.4 is 5.32 Å². The van der Waals surface area contributed by atoms with Crippen molar-refractivity contribution in [1.29, 1.82) is 0 Å². The van der Waals surface area contributed by atoms with E-state index in [0.717, 1.165) is 37.7 Å². The third-order valence-electron chi connectivity index (χ3n) is 4.30. The summed E-state index contributed by atoms with van der Waals surface area (Å²) >= 11 is 0. The highest BCUT2D eigenvalue weighted by atomic mass is 16.4. The SMILES string of the molecule is CN(C(=O)NCc1ccoc1)C1(CC(=O)O)CCCCC1. The molecule has 1 fully saturated rings. The molecule has 2 rings (SSSR count). The van der Waals surface area contributed by atoms with Crippen LogP contribution in [0, 0.1) is 0 Å². The summed E-state index contributed by atoms with van der Waals surface area (Å²) in [6.45, 7) is 0.378. The Morgan fingerprint density at radius 1 is 1.38 bits per heavy atom. The van der Waals surface area contributed by atoms with Gasteiger partial charge in [0.05, 0.1) is 24.5 Å². The van der Waals surface area contributed by atoms with Crippen LogP contribution in [0.1, 0.15) is 44.1 Å². The molecular formula is C15H22N2O4. The van der Waals surface area contributed by atoms with Crippen molar-refractivity contribution in [2.24, 2.45) is 0 Å². The lowest BCUT2D eigenvalue weighted by molar-refractivity contribution is -0.140. The van der Waals surface area contributed by atoms with Crippen molar-refractivity contribution < 1.29 is 19.1 Å². The monoisotopic (exact) mass is 294 g/mol. The molecule has 1 aromatic heterocycles. The molecule has 0 saturated heterocycles. The van der Waals surface area contributed by atoms with Crippen LogP contribution in [0.3, 0.4) is 0 Å². The fraction of sp³-hybridized carbons (Fsp3) is 0.600. The number of carboxylic acid groups (broad SMARTS) is 1. The van der Waals surface area contributed by atoms with Gasteiger partial charge in [0.1, 0.15) is 0 Å².